The van der Waals surface area contributed by atoms with Gasteiger partial charge in [0.25, 0.3) is 17.4 Å². The van der Waals surface area contributed by atoms with Gasteiger partial charge in [-0.15, -0.1) is 0 Å². The summed E-state index contributed by atoms with van der Waals surface area (Å²) < 4.78 is 1.47. The van der Waals surface area contributed by atoms with Gasteiger partial charge >= 0.3 is 0 Å². The summed E-state index contributed by atoms with van der Waals surface area (Å²) in [4.78, 5) is 52.5. The molecule has 4 aromatic rings. The minimum absolute atomic E-state index is 0.0469. The molecular weight excluding hydrogens is 582 g/mol. The smallest absolute Gasteiger partial charge is 0.293 e. The van der Waals surface area contributed by atoms with E-state index in [0.29, 0.717) is 47.8 Å². The second kappa shape index (κ2) is 14.9. The third-order valence-corrected chi connectivity index (χ3v) is 8.30. The molecule has 0 radical (unpaired) electrons. The predicted octanol–water partition coefficient (Wildman–Crippen LogP) is 4.24. The molecule has 2 amide bonds. The van der Waals surface area contributed by atoms with E-state index in [1.807, 2.05) is 30.0 Å². The van der Waals surface area contributed by atoms with Gasteiger partial charge in [-0.3, -0.25) is 24.3 Å². The Morgan fingerprint density at radius 2 is 1.76 bits per heavy atom. The molecule has 0 aliphatic carbocycles. The van der Waals surface area contributed by atoms with Crippen LogP contribution in [0.1, 0.15) is 51.7 Å². The van der Waals surface area contributed by atoms with Crippen molar-refractivity contribution in [1.29, 1.82) is 0 Å². The largest absolute Gasteiger partial charge is 0.395 e. The summed E-state index contributed by atoms with van der Waals surface area (Å²) in [6.45, 7) is 7.43. The first-order chi connectivity index (χ1) is 22.3. The van der Waals surface area contributed by atoms with E-state index in [-0.39, 0.29) is 29.8 Å². The van der Waals surface area contributed by atoms with Gasteiger partial charge in [-0.05, 0) is 67.8 Å². The molecule has 11 heteroatoms. The fourth-order valence-electron chi connectivity index (χ4n) is 5.58. The number of rotatable bonds is 11. The second-order valence-electron chi connectivity index (χ2n) is 11.5. The number of aryl methyl sites for hydroxylation is 2. The number of hydrogen-bond donors (Lipinski definition) is 3. The maximum Gasteiger partial charge on any atom is 0.293 e. The summed E-state index contributed by atoms with van der Waals surface area (Å²) in [6, 6.07) is 16.2. The zero-order valence-electron chi connectivity index (χ0n) is 26.6. The van der Waals surface area contributed by atoms with Crippen LogP contribution >= 0.6 is 0 Å². The Balaban J connectivity index is 1.32. The number of benzene rings is 2. The molecular formula is C35H41N7O4. The lowest BCUT2D eigenvalue weighted by Crippen LogP contribution is -2.49. The van der Waals surface area contributed by atoms with Crippen molar-refractivity contribution in [3.05, 3.63) is 99.7 Å². The summed E-state index contributed by atoms with van der Waals surface area (Å²) in [5.41, 5.74) is 5.02. The molecule has 0 unspecified atom stereocenters. The lowest BCUT2D eigenvalue weighted by atomic mass is 10.0. The van der Waals surface area contributed by atoms with Crippen LogP contribution in [0.5, 0.6) is 0 Å². The molecule has 1 aliphatic rings. The number of carbonyl (C=O) groups is 2. The molecule has 3 heterocycles. The van der Waals surface area contributed by atoms with E-state index in [9.17, 15) is 14.4 Å². The number of aromatic nitrogens is 3. The van der Waals surface area contributed by atoms with Gasteiger partial charge in [-0.1, -0.05) is 25.5 Å². The van der Waals surface area contributed by atoms with Gasteiger partial charge in [-0.25, -0.2) is 4.98 Å². The zero-order valence-corrected chi connectivity index (χ0v) is 26.6. The Bertz CT molecular complexity index is 1750. The average Bonchev–Trinajstić information content (AvgIpc) is 3.07. The van der Waals surface area contributed by atoms with Gasteiger partial charge in [0.05, 0.1) is 23.6 Å². The van der Waals surface area contributed by atoms with E-state index in [4.69, 9.17) is 5.11 Å². The molecule has 46 heavy (non-hydrogen) atoms. The van der Waals surface area contributed by atoms with Crippen LogP contribution in [0.4, 0.5) is 17.2 Å². The monoisotopic (exact) mass is 623 g/mol. The van der Waals surface area contributed by atoms with E-state index < -0.39 is 0 Å². The highest BCUT2D eigenvalue weighted by atomic mass is 16.3. The van der Waals surface area contributed by atoms with Crippen molar-refractivity contribution in [2.24, 2.45) is 7.05 Å². The van der Waals surface area contributed by atoms with Crippen molar-refractivity contribution < 1.29 is 14.7 Å². The van der Waals surface area contributed by atoms with Gasteiger partial charge < -0.3 is 25.2 Å². The van der Waals surface area contributed by atoms with Crippen LogP contribution in [-0.4, -0.2) is 80.6 Å². The summed E-state index contributed by atoms with van der Waals surface area (Å²) in [7, 11) is 1.67. The van der Waals surface area contributed by atoms with Crippen molar-refractivity contribution in [3.8, 4) is 11.3 Å². The first kappa shape index (κ1) is 32.5. The number of piperazine rings is 1. The molecule has 2 aromatic carbocycles. The topological polar surface area (TPSA) is 133 Å². The maximum atomic E-state index is 13.3. The summed E-state index contributed by atoms with van der Waals surface area (Å²) >= 11 is 0. The molecule has 0 spiro atoms. The number of β-amino-alcohol motifs (C(OH)–C–C–N with tert-alkyl or cyclic N) is 1. The Hall–Kier alpha value is -4.87. The number of aliphatic hydroxyl groups excluding tert-OH is 1. The first-order valence-electron chi connectivity index (χ1n) is 15.7. The number of hydrogen-bond acceptors (Lipinski definition) is 8. The quantitative estimate of drug-likeness (QED) is 0.226. The highest BCUT2D eigenvalue weighted by molar-refractivity contribution is 6.05. The van der Waals surface area contributed by atoms with E-state index in [1.54, 1.807) is 55.8 Å². The molecule has 5 rings (SSSR count). The molecule has 1 saturated heterocycles. The number of anilines is 3. The highest BCUT2D eigenvalue weighted by Crippen LogP contribution is 2.28. The Kier molecular flexibility index (Phi) is 10.6. The van der Waals surface area contributed by atoms with Crippen LogP contribution in [0.2, 0.25) is 0 Å². The third-order valence-electron chi connectivity index (χ3n) is 8.30. The molecule has 1 fully saturated rings. The molecule has 1 aliphatic heterocycles. The number of nitrogens with one attached hydrogen (secondary N) is 2. The molecule has 3 N–H and O–H groups in total. The number of aliphatic hydroxyl groups is 1. The van der Waals surface area contributed by atoms with Crippen molar-refractivity contribution in [1.82, 2.24) is 24.3 Å². The Morgan fingerprint density at radius 3 is 2.48 bits per heavy atom. The number of nitrogens with zero attached hydrogens (tertiary/aromatic N) is 5. The van der Waals surface area contributed by atoms with E-state index in [0.717, 1.165) is 49.2 Å². The zero-order chi connectivity index (χ0) is 32.6. The fraction of sp³-hybridized carbons (Fsp3) is 0.343. The van der Waals surface area contributed by atoms with Crippen LogP contribution < -0.4 is 16.2 Å². The van der Waals surface area contributed by atoms with Gasteiger partial charge in [0.15, 0.2) is 5.82 Å². The van der Waals surface area contributed by atoms with E-state index in [2.05, 4.69) is 32.4 Å². The number of unbranched alkanes of at least 4 members (excludes halogenated alkanes) is 1. The van der Waals surface area contributed by atoms with E-state index >= 15 is 0 Å². The highest BCUT2D eigenvalue weighted by Gasteiger charge is 2.22. The Morgan fingerprint density at radius 1 is 1.00 bits per heavy atom. The number of carbonyl (C=O) groups excluding carboxylic acids is 2. The summed E-state index contributed by atoms with van der Waals surface area (Å²) in [5.74, 6) is -0.126. The van der Waals surface area contributed by atoms with Crippen LogP contribution in [0.15, 0.2) is 71.8 Å². The molecule has 0 atom stereocenters. The SMILES string of the molecule is CCCCc1ncccc1C(=O)Nc1cccc(-c2cn(C)c(=O)c(Nc3ccc(C(=O)N4CCN(CCO)CC4)cc3)n2)c1C. The minimum atomic E-state index is -0.303. The standard InChI is InChI=1S/C35H41N7O4/c1-4-5-10-30-28(9-7-16-36-30)33(44)39-29-11-6-8-27(24(29)2)31-23-40(3)35(46)32(38-31)37-26-14-12-25(13-15-26)34(45)42-19-17-41(18-20-42)21-22-43/h6-9,11-16,23,43H,4-5,10,17-22H2,1-3H3,(H,37,38)(H,39,44). The summed E-state index contributed by atoms with van der Waals surface area (Å²) in [5, 5.41) is 15.3. The second-order valence-corrected chi connectivity index (χ2v) is 11.5. The lowest BCUT2D eigenvalue weighted by molar-refractivity contribution is 0.0615. The van der Waals surface area contributed by atoms with Crippen molar-refractivity contribution in [2.75, 3.05) is 50.0 Å². The number of pyridine rings is 1. The normalized spacial score (nSPS) is 13.4. The molecule has 0 saturated carbocycles. The molecule has 0 bridgehead atoms. The maximum absolute atomic E-state index is 13.3. The molecule has 240 valence electrons. The van der Waals surface area contributed by atoms with Crippen molar-refractivity contribution >= 4 is 29.0 Å². The molecule has 11 nitrogen and oxygen atoms in total. The van der Waals surface area contributed by atoms with Crippen LogP contribution in [0.25, 0.3) is 11.3 Å². The summed E-state index contributed by atoms with van der Waals surface area (Å²) in [6.07, 6.45) is 6.08. The van der Waals surface area contributed by atoms with Crippen LogP contribution in [-0.2, 0) is 13.5 Å². The molecule has 2 aromatic heterocycles. The first-order valence-corrected chi connectivity index (χ1v) is 15.7. The van der Waals surface area contributed by atoms with E-state index in [1.165, 1.54) is 4.57 Å². The van der Waals surface area contributed by atoms with Crippen molar-refractivity contribution in [3.63, 3.8) is 0 Å². The van der Waals surface area contributed by atoms with Crippen molar-refractivity contribution in [2.45, 2.75) is 33.1 Å². The van der Waals surface area contributed by atoms with Gasteiger partial charge in [-0.2, -0.15) is 0 Å². The van der Waals surface area contributed by atoms with Crippen LogP contribution in [0, 0.1) is 6.92 Å². The fourth-order valence-corrected chi connectivity index (χ4v) is 5.58. The van der Waals surface area contributed by atoms with Gasteiger partial charge in [0.2, 0.25) is 0 Å². The van der Waals surface area contributed by atoms with Gasteiger partial charge in [0, 0.05) is 74.7 Å². The average molecular weight is 624 g/mol. The predicted molar refractivity (Wildman–Crippen MR) is 180 cm³/mol. The number of amides is 2. The van der Waals surface area contributed by atoms with Crippen LogP contribution in [0.3, 0.4) is 0 Å². The minimum Gasteiger partial charge on any atom is -0.395 e. The Labute approximate surface area is 268 Å². The third kappa shape index (κ3) is 7.49. The lowest BCUT2D eigenvalue weighted by Gasteiger charge is -2.34. The van der Waals surface area contributed by atoms with Gasteiger partial charge in [0.1, 0.15) is 0 Å².